The summed E-state index contributed by atoms with van der Waals surface area (Å²) in [5.74, 6) is 2.95. The van der Waals surface area contributed by atoms with Crippen molar-refractivity contribution in [1.29, 1.82) is 0 Å². The highest BCUT2D eigenvalue weighted by Crippen LogP contribution is 2.41. The van der Waals surface area contributed by atoms with Gasteiger partial charge in [-0.05, 0) is 49.1 Å². The van der Waals surface area contributed by atoms with Crippen molar-refractivity contribution in [3.05, 3.63) is 47.5 Å². The minimum atomic E-state index is -0.202. The number of likely N-dealkylation sites (tertiary alicyclic amines) is 1. The van der Waals surface area contributed by atoms with E-state index in [1.807, 2.05) is 41.3 Å². The first-order valence-electron chi connectivity index (χ1n) is 9.97. The molecular formula is C23H27NO5. The Morgan fingerprint density at radius 1 is 1.07 bits per heavy atom. The van der Waals surface area contributed by atoms with E-state index < -0.39 is 0 Å². The first-order chi connectivity index (χ1) is 14.2. The number of carbonyl (C=O) groups excluding carboxylic acids is 1. The third-order valence-corrected chi connectivity index (χ3v) is 5.86. The van der Waals surface area contributed by atoms with Crippen molar-refractivity contribution in [2.45, 2.75) is 25.3 Å². The van der Waals surface area contributed by atoms with Gasteiger partial charge in [-0.15, -0.1) is 0 Å². The normalized spacial score (nSPS) is 20.6. The molecule has 2 unspecified atom stereocenters. The minimum Gasteiger partial charge on any atom is -0.497 e. The number of ether oxygens (including phenoxy) is 4. The second-order valence-electron chi connectivity index (χ2n) is 7.46. The highest BCUT2D eigenvalue weighted by Gasteiger charge is 2.37. The smallest absolute Gasteiger partial charge is 0.229 e. The van der Waals surface area contributed by atoms with Crippen molar-refractivity contribution in [2.75, 3.05) is 34.5 Å². The number of carbonyl (C=O) groups is 1. The zero-order chi connectivity index (χ0) is 20.4. The lowest BCUT2D eigenvalue weighted by atomic mass is 9.94. The number of methoxy groups -OCH3 is 3. The van der Waals surface area contributed by atoms with E-state index in [-0.39, 0.29) is 17.9 Å². The van der Waals surface area contributed by atoms with E-state index in [9.17, 15) is 4.79 Å². The van der Waals surface area contributed by atoms with E-state index in [0.29, 0.717) is 18.8 Å². The molecule has 1 saturated heterocycles. The summed E-state index contributed by atoms with van der Waals surface area (Å²) < 4.78 is 22.3. The molecule has 154 valence electrons. The Labute approximate surface area is 171 Å². The highest BCUT2D eigenvalue weighted by atomic mass is 16.5. The zero-order valence-corrected chi connectivity index (χ0v) is 17.1. The Balaban J connectivity index is 1.57. The molecule has 2 atom stereocenters. The molecule has 6 nitrogen and oxygen atoms in total. The van der Waals surface area contributed by atoms with Gasteiger partial charge in [-0.1, -0.05) is 12.1 Å². The number of hydrogen-bond donors (Lipinski definition) is 0. The van der Waals surface area contributed by atoms with Crippen LogP contribution in [0.4, 0.5) is 0 Å². The van der Waals surface area contributed by atoms with Crippen LogP contribution in [0.3, 0.4) is 0 Å². The van der Waals surface area contributed by atoms with Crippen LogP contribution < -0.4 is 18.9 Å². The van der Waals surface area contributed by atoms with Gasteiger partial charge < -0.3 is 23.8 Å². The van der Waals surface area contributed by atoms with Crippen LogP contribution in [0.25, 0.3) is 0 Å². The van der Waals surface area contributed by atoms with Crippen molar-refractivity contribution >= 4 is 5.91 Å². The van der Waals surface area contributed by atoms with Crippen molar-refractivity contribution in [1.82, 2.24) is 4.90 Å². The van der Waals surface area contributed by atoms with E-state index in [2.05, 4.69) is 0 Å². The van der Waals surface area contributed by atoms with Crippen LogP contribution in [0.1, 0.15) is 30.0 Å². The molecule has 2 aromatic carbocycles. The van der Waals surface area contributed by atoms with Crippen LogP contribution in [0.2, 0.25) is 0 Å². The maximum absolute atomic E-state index is 13.4. The molecule has 0 bridgehead atoms. The summed E-state index contributed by atoms with van der Waals surface area (Å²) in [5, 5.41) is 0. The average Bonchev–Trinajstić information content (AvgIpc) is 3.26. The summed E-state index contributed by atoms with van der Waals surface area (Å²) in [7, 11) is 4.94. The fourth-order valence-electron chi connectivity index (χ4n) is 4.40. The van der Waals surface area contributed by atoms with E-state index in [4.69, 9.17) is 18.9 Å². The zero-order valence-electron chi connectivity index (χ0n) is 17.1. The Morgan fingerprint density at radius 3 is 2.66 bits per heavy atom. The largest absolute Gasteiger partial charge is 0.497 e. The number of hydrogen-bond acceptors (Lipinski definition) is 5. The molecule has 0 aliphatic carbocycles. The topological polar surface area (TPSA) is 57.2 Å². The third-order valence-electron chi connectivity index (χ3n) is 5.86. The number of amides is 1. The summed E-state index contributed by atoms with van der Waals surface area (Å²) in [6.07, 6.45) is 2.53. The lowest BCUT2D eigenvalue weighted by Crippen LogP contribution is -2.40. The molecule has 0 aromatic heterocycles. The number of fused-ring (bicyclic) bond motifs is 1. The van der Waals surface area contributed by atoms with Gasteiger partial charge in [-0.2, -0.15) is 0 Å². The second-order valence-corrected chi connectivity index (χ2v) is 7.46. The first-order valence-corrected chi connectivity index (χ1v) is 9.97. The standard InChI is InChI=1S/C23H27NO5/c1-26-17-9-10-20(27-2)18(13-17)19-7-5-11-24(19)23(25)16-12-15-6-4-8-21(28-3)22(15)29-14-16/h4,6,8-10,13,16,19H,5,7,11-12,14H2,1-3H3. The van der Waals surface area contributed by atoms with Gasteiger partial charge in [0.15, 0.2) is 11.5 Å². The van der Waals surface area contributed by atoms with Crippen LogP contribution in [0.15, 0.2) is 36.4 Å². The quantitative estimate of drug-likeness (QED) is 0.771. The minimum absolute atomic E-state index is 0.0146. The molecule has 6 heteroatoms. The maximum atomic E-state index is 13.4. The first kappa shape index (κ1) is 19.4. The van der Waals surface area contributed by atoms with Crippen LogP contribution in [-0.4, -0.2) is 45.3 Å². The molecular weight excluding hydrogens is 370 g/mol. The molecule has 0 radical (unpaired) electrons. The van der Waals surface area contributed by atoms with Crippen LogP contribution in [-0.2, 0) is 11.2 Å². The van der Waals surface area contributed by atoms with Gasteiger partial charge in [0.1, 0.15) is 18.1 Å². The van der Waals surface area contributed by atoms with Crippen molar-refractivity contribution in [2.24, 2.45) is 5.92 Å². The maximum Gasteiger partial charge on any atom is 0.229 e. The monoisotopic (exact) mass is 397 g/mol. The molecule has 1 amide bonds. The molecule has 2 aliphatic rings. The van der Waals surface area contributed by atoms with Gasteiger partial charge >= 0.3 is 0 Å². The van der Waals surface area contributed by atoms with E-state index >= 15 is 0 Å². The lowest BCUT2D eigenvalue weighted by Gasteiger charge is -2.32. The van der Waals surface area contributed by atoms with Crippen LogP contribution >= 0.6 is 0 Å². The summed E-state index contributed by atoms with van der Waals surface area (Å²) in [6, 6.07) is 11.6. The fraction of sp³-hybridized carbons (Fsp3) is 0.435. The predicted octanol–water partition coefficient (Wildman–Crippen LogP) is 3.63. The molecule has 2 aliphatic heterocycles. The molecule has 0 spiro atoms. The van der Waals surface area contributed by atoms with Crippen molar-refractivity contribution in [3.63, 3.8) is 0 Å². The summed E-state index contributed by atoms with van der Waals surface area (Å²) in [5.41, 5.74) is 2.01. The van der Waals surface area contributed by atoms with Gasteiger partial charge in [0.2, 0.25) is 5.91 Å². The average molecular weight is 397 g/mol. The second kappa shape index (κ2) is 8.23. The van der Waals surface area contributed by atoms with E-state index in [1.165, 1.54) is 0 Å². The highest BCUT2D eigenvalue weighted by molar-refractivity contribution is 5.81. The van der Waals surface area contributed by atoms with Crippen molar-refractivity contribution < 1.29 is 23.7 Å². The molecule has 4 rings (SSSR count). The fourth-order valence-corrected chi connectivity index (χ4v) is 4.40. The van der Waals surface area contributed by atoms with Gasteiger partial charge in [-0.25, -0.2) is 0 Å². The molecule has 1 fully saturated rings. The Hall–Kier alpha value is -2.89. The summed E-state index contributed by atoms with van der Waals surface area (Å²) in [6.45, 7) is 1.11. The Morgan fingerprint density at radius 2 is 1.90 bits per heavy atom. The van der Waals surface area contributed by atoms with E-state index in [1.54, 1.807) is 21.3 Å². The van der Waals surface area contributed by atoms with Gasteiger partial charge in [-0.3, -0.25) is 4.79 Å². The molecule has 2 aromatic rings. The van der Waals surface area contributed by atoms with Gasteiger partial charge in [0.25, 0.3) is 0 Å². The predicted molar refractivity (Wildman–Crippen MR) is 109 cm³/mol. The number of para-hydroxylation sites is 1. The molecule has 2 heterocycles. The van der Waals surface area contributed by atoms with Gasteiger partial charge in [0, 0.05) is 12.1 Å². The SMILES string of the molecule is COc1ccc(OC)c(C2CCCN2C(=O)C2COc3c(cccc3OC)C2)c1. The molecule has 0 N–H and O–H groups in total. The van der Waals surface area contributed by atoms with Gasteiger partial charge in [0.05, 0.1) is 33.3 Å². The van der Waals surface area contributed by atoms with Crippen molar-refractivity contribution in [3.8, 4) is 23.0 Å². The number of benzene rings is 2. The summed E-state index contributed by atoms with van der Waals surface area (Å²) >= 11 is 0. The third kappa shape index (κ3) is 3.59. The Kier molecular flexibility index (Phi) is 5.51. The number of nitrogens with zero attached hydrogens (tertiary/aromatic N) is 1. The van der Waals surface area contributed by atoms with E-state index in [0.717, 1.165) is 47.8 Å². The summed E-state index contributed by atoms with van der Waals surface area (Å²) in [4.78, 5) is 15.4. The Bertz CT molecular complexity index is 897. The lowest BCUT2D eigenvalue weighted by molar-refractivity contribution is -0.138. The molecule has 0 saturated carbocycles. The van der Waals surface area contributed by atoms with Crippen LogP contribution in [0.5, 0.6) is 23.0 Å². The number of rotatable bonds is 5. The van der Waals surface area contributed by atoms with Crippen LogP contribution in [0, 0.1) is 5.92 Å². The molecule has 29 heavy (non-hydrogen) atoms.